The highest BCUT2D eigenvalue weighted by atomic mass is 32.1. The topological polar surface area (TPSA) is 46.2 Å². The smallest absolute Gasteiger partial charge is 0.161 e. The number of ether oxygens (including phenoxy) is 5. The van der Waals surface area contributed by atoms with E-state index in [0.29, 0.717) is 64.4 Å². The first-order valence-electron chi connectivity index (χ1n) is 11.9. The minimum absolute atomic E-state index is 0.442. The Hall–Kier alpha value is -2.46. The van der Waals surface area contributed by atoms with Crippen molar-refractivity contribution in [2.75, 3.05) is 52.9 Å². The van der Waals surface area contributed by atoms with E-state index in [0.717, 1.165) is 5.56 Å². The zero-order chi connectivity index (χ0) is 24.4. The molecule has 0 atom stereocenters. The second kappa shape index (κ2) is 13.2. The normalized spacial score (nSPS) is 16.0. The van der Waals surface area contributed by atoms with Gasteiger partial charge < -0.3 is 23.7 Å². The van der Waals surface area contributed by atoms with E-state index in [1.165, 1.54) is 25.1 Å². The van der Waals surface area contributed by atoms with Gasteiger partial charge in [-0.15, -0.1) is 34.0 Å². The molecule has 0 radical (unpaired) electrons. The van der Waals surface area contributed by atoms with E-state index in [9.17, 15) is 0 Å². The zero-order valence-electron chi connectivity index (χ0n) is 19.9. The summed E-state index contributed by atoms with van der Waals surface area (Å²) in [6, 6.07) is 16.9. The van der Waals surface area contributed by atoms with Gasteiger partial charge in [-0.25, -0.2) is 0 Å². The first-order chi connectivity index (χ1) is 17.9. The third kappa shape index (κ3) is 6.85. The van der Waals surface area contributed by atoms with Crippen LogP contribution in [0.4, 0.5) is 0 Å². The molecule has 0 unspecified atom stereocenters. The van der Waals surface area contributed by atoms with Crippen LogP contribution in [0.1, 0.15) is 11.1 Å². The van der Waals surface area contributed by atoms with Crippen molar-refractivity contribution in [1.29, 1.82) is 0 Å². The van der Waals surface area contributed by atoms with Gasteiger partial charge in [0.2, 0.25) is 0 Å². The molecule has 0 fully saturated rings. The zero-order valence-corrected chi connectivity index (χ0v) is 22.3. The highest BCUT2D eigenvalue weighted by Crippen LogP contribution is 2.42. The average Bonchev–Trinajstić information content (AvgIpc) is 3.67. The summed E-state index contributed by atoms with van der Waals surface area (Å²) in [5.74, 6) is 1.41. The fourth-order valence-electron chi connectivity index (χ4n) is 3.68. The summed E-state index contributed by atoms with van der Waals surface area (Å²) in [4.78, 5) is 5.16. The Labute approximate surface area is 223 Å². The van der Waals surface area contributed by atoms with Crippen molar-refractivity contribution in [3.63, 3.8) is 0 Å². The van der Waals surface area contributed by atoms with E-state index < -0.39 is 0 Å². The molecule has 1 aromatic carbocycles. The summed E-state index contributed by atoms with van der Waals surface area (Å²) >= 11 is 5.38. The number of hydrogen-bond donors (Lipinski definition) is 0. The molecule has 1 aliphatic heterocycles. The number of thiophene rings is 3. The average molecular weight is 541 g/mol. The summed E-state index contributed by atoms with van der Waals surface area (Å²) in [5, 5.41) is 4.25. The molecule has 0 aliphatic carbocycles. The van der Waals surface area contributed by atoms with Gasteiger partial charge in [0.05, 0.1) is 44.5 Å². The maximum absolute atomic E-state index is 6.03. The molecule has 5 nitrogen and oxygen atoms in total. The Morgan fingerprint density at radius 3 is 1.89 bits per heavy atom. The maximum Gasteiger partial charge on any atom is 0.161 e. The molecular formula is C28H28O5S3. The first-order valence-corrected chi connectivity index (χ1v) is 14.5. The van der Waals surface area contributed by atoms with Crippen LogP contribution in [0.3, 0.4) is 0 Å². The standard InChI is InChI=1S/C28H28O5S3/c1-3-25(34-17-1)27-20-22(28(36-27)26-4-2-18-35-26)7-5-21-6-8-23-24(19-21)33-16-14-31-12-10-29-9-11-30-13-15-32-23/h1-8,17-20H,9-16H2/b7-5+. The van der Waals surface area contributed by atoms with Gasteiger partial charge in [0.1, 0.15) is 13.2 Å². The fourth-order valence-corrected chi connectivity index (χ4v) is 6.53. The lowest BCUT2D eigenvalue weighted by Gasteiger charge is -2.13. The lowest BCUT2D eigenvalue weighted by Crippen LogP contribution is -2.13. The molecule has 0 saturated carbocycles. The number of fused-ring (bicyclic) bond motifs is 1. The summed E-state index contributed by atoms with van der Waals surface area (Å²) in [6.07, 6.45) is 4.32. The largest absolute Gasteiger partial charge is 0.487 e. The first kappa shape index (κ1) is 25.2. The highest BCUT2D eigenvalue weighted by Gasteiger charge is 2.13. The van der Waals surface area contributed by atoms with Gasteiger partial charge in [0.15, 0.2) is 11.5 Å². The number of benzene rings is 1. The predicted octanol–water partition coefficient (Wildman–Crippen LogP) is 7.20. The van der Waals surface area contributed by atoms with E-state index in [-0.39, 0.29) is 0 Å². The van der Waals surface area contributed by atoms with Gasteiger partial charge in [0, 0.05) is 14.6 Å². The molecule has 0 bridgehead atoms. The van der Waals surface area contributed by atoms with Crippen molar-refractivity contribution in [3.05, 3.63) is 70.4 Å². The van der Waals surface area contributed by atoms with Gasteiger partial charge >= 0.3 is 0 Å². The minimum Gasteiger partial charge on any atom is -0.487 e. The molecule has 8 heteroatoms. The van der Waals surface area contributed by atoms with Gasteiger partial charge in [0.25, 0.3) is 0 Å². The Morgan fingerprint density at radius 2 is 1.22 bits per heavy atom. The molecule has 3 aromatic heterocycles. The molecule has 0 saturated heterocycles. The van der Waals surface area contributed by atoms with Gasteiger partial charge in [-0.2, -0.15) is 0 Å². The molecule has 5 rings (SSSR count). The van der Waals surface area contributed by atoms with Crippen LogP contribution in [0.25, 0.3) is 31.7 Å². The van der Waals surface area contributed by atoms with E-state index in [1.807, 2.05) is 23.5 Å². The lowest BCUT2D eigenvalue weighted by molar-refractivity contribution is 0.00708. The third-order valence-corrected chi connectivity index (χ3v) is 8.67. The molecule has 1 aliphatic rings. The fraction of sp³-hybridized carbons (Fsp3) is 0.286. The van der Waals surface area contributed by atoms with Crippen LogP contribution in [0, 0.1) is 0 Å². The van der Waals surface area contributed by atoms with Crippen molar-refractivity contribution < 1.29 is 23.7 Å². The van der Waals surface area contributed by atoms with Crippen molar-refractivity contribution >= 4 is 46.2 Å². The van der Waals surface area contributed by atoms with Crippen molar-refractivity contribution in [3.8, 4) is 31.0 Å². The van der Waals surface area contributed by atoms with Gasteiger partial charge in [-0.1, -0.05) is 30.4 Å². The van der Waals surface area contributed by atoms with Crippen molar-refractivity contribution in [2.45, 2.75) is 0 Å². The Bertz CT molecular complexity index is 1230. The Balaban J connectivity index is 1.36. The predicted molar refractivity (Wildman–Crippen MR) is 150 cm³/mol. The van der Waals surface area contributed by atoms with Crippen LogP contribution >= 0.6 is 34.0 Å². The van der Waals surface area contributed by atoms with Crippen LogP contribution in [0.2, 0.25) is 0 Å². The summed E-state index contributed by atoms with van der Waals surface area (Å²) in [7, 11) is 0. The van der Waals surface area contributed by atoms with Gasteiger partial charge in [-0.3, -0.25) is 0 Å². The Kier molecular flexibility index (Phi) is 9.23. The summed E-state index contributed by atoms with van der Waals surface area (Å²) < 4.78 is 28.6. The van der Waals surface area contributed by atoms with Crippen molar-refractivity contribution in [1.82, 2.24) is 0 Å². The molecule has 0 N–H and O–H groups in total. The van der Waals surface area contributed by atoms with Crippen LogP contribution in [-0.4, -0.2) is 52.9 Å². The van der Waals surface area contributed by atoms with E-state index >= 15 is 0 Å². The molecule has 4 heterocycles. The van der Waals surface area contributed by atoms with Crippen molar-refractivity contribution in [2.24, 2.45) is 0 Å². The van der Waals surface area contributed by atoms with E-state index in [4.69, 9.17) is 23.7 Å². The van der Waals surface area contributed by atoms with Crippen LogP contribution in [0.15, 0.2) is 59.3 Å². The van der Waals surface area contributed by atoms with Gasteiger partial charge in [-0.05, 0) is 52.2 Å². The number of rotatable bonds is 4. The summed E-state index contributed by atoms with van der Waals surface area (Å²) in [6.45, 7) is 4.07. The second-order valence-corrected chi connectivity index (χ2v) is 10.9. The molecule has 188 valence electrons. The highest BCUT2D eigenvalue weighted by molar-refractivity contribution is 7.26. The second-order valence-electron chi connectivity index (χ2n) is 7.92. The van der Waals surface area contributed by atoms with Crippen LogP contribution in [0.5, 0.6) is 11.5 Å². The van der Waals surface area contributed by atoms with E-state index in [1.54, 1.807) is 22.7 Å². The molecule has 0 amide bonds. The molecule has 0 spiro atoms. The Morgan fingerprint density at radius 1 is 0.583 bits per heavy atom. The third-order valence-electron chi connectivity index (χ3n) is 5.41. The van der Waals surface area contributed by atoms with Crippen LogP contribution in [-0.2, 0) is 14.2 Å². The van der Waals surface area contributed by atoms with Crippen LogP contribution < -0.4 is 9.47 Å². The van der Waals surface area contributed by atoms with E-state index in [2.05, 4.69) is 59.3 Å². The number of hydrogen-bond acceptors (Lipinski definition) is 8. The quantitative estimate of drug-likeness (QED) is 0.274. The molecule has 4 aromatic rings. The molecule has 36 heavy (non-hydrogen) atoms. The minimum atomic E-state index is 0.442. The maximum atomic E-state index is 6.03. The lowest BCUT2D eigenvalue weighted by atomic mass is 10.1. The molecular weight excluding hydrogens is 513 g/mol. The monoisotopic (exact) mass is 540 g/mol. The SMILES string of the molecule is C(=C\c1cc(-c2cccs2)sc1-c1cccs1)/c1ccc2c(c1)OCCOCCOCCOCCO2. The summed E-state index contributed by atoms with van der Waals surface area (Å²) in [5.41, 5.74) is 2.26.